The molecule has 1 aromatic heterocycles. The molecule has 3 aliphatic heterocycles. The van der Waals surface area contributed by atoms with Crippen LogP contribution < -0.4 is 20.6 Å². The summed E-state index contributed by atoms with van der Waals surface area (Å²) in [6.45, 7) is 22.1. The monoisotopic (exact) mass is 758 g/mol. The van der Waals surface area contributed by atoms with E-state index < -0.39 is 0 Å². The smallest absolute Gasteiger partial charge is 0.333 e. The van der Waals surface area contributed by atoms with E-state index in [-0.39, 0.29) is 34.0 Å². The molecule has 0 saturated heterocycles. The molecule has 2 atom stereocenters. The van der Waals surface area contributed by atoms with Crippen molar-refractivity contribution in [3.63, 3.8) is 0 Å². The van der Waals surface area contributed by atoms with Crippen molar-refractivity contribution in [2.24, 2.45) is 0 Å². The predicted octanol–water partition coefficient (Wildman–Crippen LogP) is 13.4. The van der Waals surface area contributed by atoms with E-state index in [0.29, 0.717) is 0 Å². The van der Waals surface area contributed by atoms with Gasteiger partial charge in [-0.25, -0.2) is 0 Å². The summed E-state index contributed by atoms with van der Waals surface area (Å²) in [6.07, 6.45) is 7.29. The number of fused-ring (bicyclic) bond motifs is 14. The predicted molar refractivity (Wildman–Crippen MR) is 247 cm³/mol. The zero-order valence-electron chi connectivity index (χ0n) is 35.9. The molecule has 4 heterocycles. The van der Waals surface area contributed by atoms with Gasteiger partial charge < -0.3 is 14.1 Å². The molecule has 4 heteroatoms. The zero-order chi connectivity index (χ0) is 39.9. The highest BCUT2D eigenvalue weighted by molar-refractivity contribution is 6.94. The Balaban J connectivity index is 1.26. The molecule has 2 unspecified atom stereocenters. The first kappa shape index (κ1) is 35.0. The van der Waals surface area contributed by atoms with Gasteiger partial charge in [0.05, 0.1) is 11.2 Å². The minimum Gasteiger partial charge on any atom is -0.454 e. The third-order valence-corrected chi connectivity index (χ3v) is 16.4. The number of hydrogen-bond acceptors (Lipinski definition) is 3. The van der Waals surface area contributed by atoms with Gasteiger partial charge in [-0.3, -0.25) is 0 Å². The quantitative estimate of drug-likeness (QED) is 0.155. The molecule has 1 fully saturated rings. The average Bonchev–Trinajstić information content (AvgIpc) is 3.67. The molecule has 0 spiro atoms. The summed E-state index contributed by atoms with van der Waals surface area (Å²) in [4.78, 5) is 5.59. The van der Waals surface area contributed by atoms with Crippen molar-refractivity contribution in [1.82, 2.24) is 0 Å². The van der Waals surface area contributed by atoms with Gasteiger partial charge >= 0.3 is 6.85 Å². The van der Waals surface area contributed by atoms with E-state index >= 15 is 0 Å². The van der Waals surface area contributed by atoms with Gasteiger partial charge in [0.1, 0.15) is 5.58 Å². The lowest BCUT2D eigenvalue weighted by molar-refractivity contribution is 0.195. The zero-order valence-corrected chi connectivity index (χ0v) is 35.9. The highest BCUT2D eigenvalue weighted by Gasteiger charge is 2.62. The first-order valence-electron chi connectivity index (χ1n) is 22.1. The molecule has 7 aromatic rings. The molecule has 6 aromatic carbocycles. The van der Waals surface area contributed by atoms with Gasteiger partial charge in [0.15, 0.2) is 5.58 Å². The second kappa shape index (κ2) is 11.0. The van der Waals surface area contributed by atoms with Crippen molar-refractivity contribution >= 4 is 73.2 Å². The molecule has 1 saturated carbocycles. The van der Waals surface area contributed by atoms with E-state index in [0.717, 1.165) is 11.2 Å². The van der Waals surface area contributed by atoms with E-state index in [2.05, 4.69) is 169 Å². The van der Waals surface area contributed by atoms with Crippen LogP contribution in [0.3, 0.4) is 0 Å². The lowest BCUT2D eigenvalue weighted by Crippen LogP contribution is -2.64. The summed E-state index contributed by atoms with van der Waals surface area (Å²) in [7, 11) is 0. The summed E-state index contributed by atoms with van der Waals surface area (Å²) in [5.74, 6) is 0. The summed E-state index contributed by atoms with van der Waals surface area (Å²) in [5, 5.41) is 5.10. The van der Waals surface area contributed by atoms with Crippen molar-refractivity contribution in [2.45, 2.75) is 128 Å². The Bertz CT molecular complexity index is 2950. The molecule has 58 heavy (non-hydrogen) atoms. The molecular weight excluding hydrogens is 703 g/mol. The first-order chi connectivity index (χ1) is 27.6. The Morgan fingerprint density at radius 2 is 1.31 bits per heavy atom. The number of rotatable bonds is 1. The third-order valence-electron chi connectivity index (χ3n) is 16.4. The van der Waals surface area contributed by atoms with Gasteiger partial charge in [-0.1, -0.05) is 129 Å². The van der Waals surface area contributed by atoms with Gasteiger partial charge in [-0.2, -0.15) is 0 Å². The van der Waals surface area contributed by atoms with Crippen molar-refractivity contribution < 1.29 is 4.42 Å². The number of benzene rings is 6. The third kappa shape index (κ3) is 4.22. The molecule has 2 aliphatic carbocycles. The molecule has 290 valence electrons. The Kier molecular flexibility index (Phi) is 6.64. The standard InChI is InChI=1S/C54H55BN2O/c1-50(2,3)33-28-42-48-43(29-33)55-45-39(27-32-17-13-14-20-35(32)46(45)56(48)54(9)24-16-15-23-53(42,54)8)36-21-22-37-38-30-40-41(52(6,7)26-25-51(40,4)5)31-44(38)58-49(37)47(36)57(55)34-18-11-10-12-19-34/h10-14,17-22,27-31H,15-16,23-26H2,1-9H3. The summed E-state index contributed by atoms with van der Waals surface area (Å²) < 4.78 is 7.35. The maximum atomic E-state index is 7.35. The van der Waals surface area contributed by atoms with Crippen molar-refractivity contribution in [3.05, 3.63) is 119 Å². The topological polar surface area (TPSA) is 19.6 Å². The molecule has 5 aliphatic rings. The molecule has 0 amide bonds. The summed E-state index contributed by atoms with van der Waals surface area (Å²) in [6, 6.07) is 37.9. The van der Waals surface area contributed by atoms with Crippen LogP contribution in [0.4, 0.5) is 22.7 Å². The second-order valence-electron chi connectivity index (χ2n) is 21.5. The molecule has 0 N–H and O–H groups in total. The fourth-order valence-electron chi connectivity index (χ4n) is 12.7. The number of hydrogen-bond donors (Lipinski definition) is 0. The molecule has 3 nitrogen and oxygen atoms in total. The molecular formula is C54H55BN2O. The fraction of sp³-hybridized carbons (Fsp3) is 0.370. The van der Waals surface area contributed by atoms with Crippen LogP contribution >= 0.6 is 0 Å². The minimum atomic E-state index is -0.0527. The second-order valence-corrected chi connectivity index (χ2v) is 21.5. The van der Waals surface area contributed by atoms with Gasteiger partial charge in [0.2, 0.25) is 0 Å². The fourth-order valence-corrected chi connectivity index (χ4v) is 12.7. The normalized spacial score (nSPS) is 23.5. The van der Waals surface area contributed by atoms with Crippen molar-refractivity contribution in [2.75, 3.05) is 9.71 Å². The lowest BCUT2D eigenvalue weighted by Gasteiger charge is -2.53. The van der Waals surface area contributed by atoms with E-state index in [1.54, 1.807) is 5.56 Å². The largest absolute Gasteiger partial charge is 0.454 e. The van der Waals surface area contributed by atoms with Gasteiger partial charge in [-0.05, 0) is 129 Å². The van der Waals surface area contributed by atoms with E-state index in [9.17, 15) is 0 Å². The number of para-hydroxylation sites is 1. The van der Waals surface area contributed by atoms with Crippen LogP contribution in [-0.2, 0) is 21.7 Å². The Hall–Kier alpha value is -4.96. The van der Waals surface area contributed by atoms with Crippen molar-refractivity contribution in [1.29, 1.82) is 0 Å². The van der Waals surface area contributed by atoms with Crippen LogP contribution in [0.15, 0.2) is 101 Å². The number of nitrogens with zero attached hydrogens (tertiary/aromatic N) is 2. The van der Waals surface area contributed by atoms with E-state index in [4.69, 9.17) is 4.42 Å². The number of anilines is 4. The minimum absolute atomic E-state index is 0.0102. The summed E-state index contributed by atoms with van der Waals surface area (Å²) in [5.41, 5.74) is 18.8. The Labute approximate surface area is 344 Å². The van der Waals surface area contributed by atoms with Crippen LogP contribution in [-0.4, -0.2) is 12.4 Å². The average molecular weight is 759 g/mol. The molecule has 0 bridgehead atoms. The maximum absolute atomic E-state index is 7.35. The Morgan fingerprint density at radius 1 is 0.603 bits per heavy atom. The van der Waals surface area contributed by atoms with Crippen LogP contribution in [0.5, 0.6) is 0 Å². The summed E-state index contributed by atoms with van der Waals surface area (Å²) >= 11 is 0. The van der Waals surface area contributed by atoms with Crippen LogP contribution in [0, 0.1) is 0 Å². The Morgan fingerprint density at radius 3 is 2.07 bits per heavy atom. The first-order valence-corrected chi connectivity index (χ1v) is 22.1. The van der Waals surface area contributed by atoms with Gasteiger partial charge in [0, 0.05) is 44.2 Å². The van der Waals surface area contributed by atoms with E-state index in [1.165, 1.54) is 122 Å². The van der Waals surface area contributed by atoms with Crippen LogP contribution in [0.25, 0.3) is 43.8 Å². The van der Waals surface area contributed by atoms with Gasteiger partial charge in [-0.15, -0.1) is 0 Å². The van der Waals surface area contributed by atoms with Crippen LogP contribution in [0.1, 0.15) is 123 Å². The highest BCUT2D eigenvalue weighted by atomic mass is 16.3. The molecule has 12 rings (SSSR count). The van der Waals surface area contributed by atoms with Crippen LogP contribution in [0.2, 0.25) is 0 Å². The molecule has 0 radical (unpaired) electrons. The van der Waals surface area contributed by atoms with Crippen molar-refractivity contribution in [3.8, 4) is 11.1 Å². The SMILES string of the molecule is CC(C)(C)c1cc2c3c(c1)C1(C)CCCCC1(C)N3c1c3c(cc4ccccc14)-c1ccc4c(oc5cc6c(cc54)C(C)(C)CCC6(C)C)c1N(c1ccccc1)B23. The maximum Gasteiger partial charge on any atom is 0.333 e. The highest BCUT2D eigenvalue weighted by Crippen LogP contribution is 2.64. The number of furan rings is 1. The van der Waals surface area contributed by atoms with Gasteiger partial charge in [0.25, 0.3) is 0 Å². The lowest BCUT2D eigenvalue weighted by atomic mass is 9.42. The van der Waals surface area contributed by atoms with E-state index in [1.807, 2.05) is 0 Å².